The van der Waals surface area contributed by atoms with Crippen molar-refractivity contribution in [3.05, 3.63) is 0 Å². The van der Waals surface area contributed by atoms with E-state index in [1.807, 2.05) is 13.8 Å². The number of methoxy groups -OCH3 is 1. The lowest BCUT2D eigenvalue weighted by Crippen LogP contribution is -2.49. The number of piperazine rings is 1. The number of aliphatic hydroxyl groups excluding tert-OH is 1. The molecule has 0 saturated carbocycles. The molecule has 1 fully saturated rings. The fraction of sp³-hybridized carbons (Fsp3) is 1.00. The summed E-state index contributed by atoms with van der Waals surface area (Å²) in [6.45, 7) is 12.3. The van der Waals surface area contributed by atoms with E-state index in [0.29, 0.717) is 19.8 Å². The Hall–Kier alpha value is -0.240. The Bertz CT molecular complexity index is 248. The molecule has 1 aliphatic heterocycles. The third-order valence-corrected chi connectivity index (χ3v) is 3.66. The van der Waals surface area contributed by atoms with Gasteiger partial charge >= 0.3 is 0 Å². The number of β-amino-alcohol motifs (C(OH)–C–C–N with tert-alkyl or cyclic N) is 1. The van der Waals surface area contributed by atoms with Crippen LogP contribution in [-0.4, -0.2) is 99.9 Å². The van der Waals surface area contributed by atoms with Crippen LogP contribution in [0, 0.1) is 0 Å². The van der Waals surface area contributed by atoms with Gasteiger partial charge in [-0.1, -0.05) is 0 Å². The van der Waals surface area contributed by atoms with Crippen molar-refractivity contribution in [2.24, 2.45) is 0 Å². The number of hydrogen-bond acceptors (Lipinski definition) is 6. The maximum atomic E-state index is 10.0. The van der Waals surface area contributed by atoms with Crippen molar-refractivity contribution in [3.8, 4) is 0 Å². The van der Waals surface area contributed by atoms with Crippen LogP contribution in [0.1, 0.15) is 13.8 Å². The van der Waals surface area contributed by atoms with E-state index in [0.717, 1.165) is 45.9 Å². The third-order valence-electron chi connectivity index (χ3n) is 3.66. The molecule has 126 valence electrons. The second kappa shape index (κ2) is 11.3. The molecule has 0 aromatic carbocycles. The number of rotatable bonds is 11. The van der Waals surface area contributed by atoms with Crippen LogP contribution in [0.4, 0.5) is 0 Å². The van der Waals surface area contributed by atoms with Gasteiger partial charge in [-0.05, 0) is 13.8 Å². The molecule has 0 aromatic heterocycles. The third kappa shape index (κ3) is 8.70. The van der Waals surface area contributed by atoms with Crippen LogP contribution in [0.2, 0.25) is 0 Å². The Balaban J connectivity index is 2.08. The van der Waals surface area contributed by atoms with Crippen LogP contribution < -0.4 is 0 Å². The molecule has 0 radical (unpaired) electrons. The summed E-state index contributed by atoms with van der Waals surface area (Å²) in [7, 11) is 1.65. The zero-order chi connectivity index (χ0) is 15.5. The van der Waals surface area contributed by atoms with Gasteiger partial charge in [-0.2, -0.15) is 0 Å². The van der Waals surface area contributed by atoms with Gasteiger partial charge in [0.2, 0.25) is 0 Å². The SMILES string of the molecule is CCOCCN1CCN(C[C@@H](O)CO[C@@H](C)COC)CC1. The Morgan fingerprint density at radius 3 is 2.38 bits per heavy atom. The first kappa shape index (κ1) is 18.8. The summed E-state index contributed by atoms with van der Waals surface area (Å²) < 4.78 is 15.9. The fourth-order valence-electron chi connectivity index (χ4n) is 2.44. The summed E-state index contributed by atoms with van der Waals surface area (Å²) >= 11 is 0. The topological polar surface area (TPSA) is 54.4 Å². The van der Waals surface area contributed by atoms with Gasteiger partial charge in [-0.15, -0.1) is 0 Å². The summed E-state index contributed by atoms with van der Waals surface area (Å²) in [5, 5.41) is 10.0. The predicted molar refractivity (Wildman–Crippen MR) is 82.7 cm³/mol. The highest BCUT2D eigenvalue weighted by atomic mass is 16.5. The van der Waals surface area contributed by atoms with Gasteiger partial charge in [0.25, 0.3) is 0 Å². The van der Waals surface area contributed by atoms with Crippen molar-refractivity contribution in [1.82, 2.24) is 9.80 Å². The van der Waals surface area contributed by atoms with Gasteiger partial charge in [0, 0.05) is 53.0 Å². The van der Waals surface area contributed by atoms with E-state index in [2.05, 4.69) is 9.80 Å². The van der Waals surface area contributed by atoms with Gasteiger partial charge in [0.05, 0.1) is 32.0 Å². The number of ether oxygens (including phenoxy) is 3. The van der Waals surface area contributed by atoms with Crippen LogP contribution in [0.3, 0.4) is 0 Å². The normalized spacial score (nSPS) is 20.6. The van der Waals surface area contributed by atoms with E-state index in [1.165, 1.54) is 0 Å². The number of hydrogen-bond donors (Lipinski definition) is 1. The lowest BCUT2D eigenvalue weighted by molar-refractivity contribution is -0.0430. The molecule has 6 nitrogen and oxygen atoms in total. The molecule has 0 bridgehead atoms. The summed E-state index contributed by atoms with van der Waals surface area (Å²) in [5.74, 6) is 0. The van der Waals surface area contributed by atoms with Crippen LogP contribution in [0.5, 0.6) is 0 Å². The molecule has 21 heavy (non-hydrogen) atoms. The zero-order valence-electron chi connectivity index (χ0n) is 13.8. The molecule has 0 unspecified atom stereocenters. The molecule has 1 saturated heterocycles. The van der Waals surface area contributed by atoms with Gasteiger partial charge in [0.15, 0.2) is 0 Å². The van der Waals surface area contributed by atoms with E-state index in [1.54, 1.807) is 7.11 Å². The summed E-state index contributed by atoms with van der Waals surface area (Å²) in [6.07, 6.45) is -0.403. The predicted octanol–water partition coefficient (Wildman–Crippen LogP) is 0.0529. The van der Waals surface area contributed by atoms with Gasteiger partial charge in [-0.25, -0.2) is 0 Å². The minimum Gasteiger partial charge on any atom is -0.389 e. The van der Waals surface area contributed by atoms with Crippen molar-refractivity contribution < 1.29 is 19.3 Å². The minimum absolute atomic E-state index is 0.0278. The van der Waals surface area contributed by atoms with Gasteiger partial charge in [-0.3, -0.25) is 9.80 Å². The van der Waals surface area contributed by atoms with E-state index in [4.69, 9.17) is 14.2 Å². The molecule has 0 spiro atoms. The van der Waals surface area contributed by atoms with Crippen molar-refractivity contribution in [2.75, 3.05) is 72.8 Å². The van der Waals surface area contributed by atoms with Crippen molar-refractivity contribution >= 4 is 0 Å². The summed E-state index contributed by atoms with van der Waals surface area (Å²) in [4.78, 5) is 4.71. The average Bonchev–Trinajstić information content (AvgIpc) is 2.48. The first-order chi connectivity index (χ1) is 10.2. The molecule has 0 aliphatic carbocycles. The second-order valence-corrected chi connectivity index (χ2v) is 5.59. The fourth-order valence-corrected chi connectivity index (χ4v) is 2.44. The highest BCUT2D eigenvalue weighted by Crippen LogP contribution is 2.04. The van der Waals surface area contributed by atoms with E-state index in [9.17, 15) is 5.11 Å². The number of aliphatic hydroxyl groups is 1. The number of nitrogens with zero attached hydrogens (tertiary/aromatic N) is 2. The highest BCUT2D eigenvalue weighted by Gasteiger charge is 2.19. The lowest BCUT2D eigenvalue weighted by Gasteiger charge is -2.35. The molecule has 1 heterocycles. The first-order valence-corrected chi connectivity index (χ1v) is 7.96. The highest BCUT2D eigenvalue weighted by molar-refractivity contribution is 4.74. The molecular weight excluding hydrogens is 272 g/mol. The molecule has 1 N–H and O–H groups in total. The standard InChI is InChI=1S/C15H32N2O4/c1-4-20-10-9-16-5-7-17(8-6-16)11-15(18)13-21-14(2)12-19-3/h14-15,18H,4-13H2,1-3H3/t14-,15+/m0/s1. The molecule has 6 heteroatoms. The molecule has 1 rings (SSSR count). The lowest BCUT2D eigenvalue weighted by atomic mass is 10.2. The molecule has 2 atom stereocenters. The van der Waals surface area contributed by atoms with E-state index < -0.39 is 6.10 Å². The monoisotopic (exact) mass is 304 g/mol. The molecular formula is C15H32N2O4. The maximum absolute atomic E-state index is 10.0. The molecule has 0 aromatic rings. The molecule has 1 aliphatic rings. The van der Waals surface area contributed by atoms with E-state index >= 15 is 0 Å². The van der Waals surface area contributed by atoms with Crippen molar-refractivity contribution in [2.45, 2.75) is 26.1 Å². The average molecular weight is 304 g/mol. The zero-order valence-corrected chi connectivity index (χ0v) is 13.8. The maximum Gasteiger partial charge on any atom is 0.0900 e. The minimum atomic E-state index is -0.431. The Labute approximate surface area is 128 Å². The van der Waals surface area contributed by atoms with Crippen LogP contribution in [-0.2, 0) is 14.2 Å². The Morgan fingerprint density at radius 1 is 1.10 bits per heavy atom. The smallest absolute Gasteiger partial charge is 0.0900 e. The summed E-state index contributed by atoms with van der Waals surface area (Å²) in [5.41, 5.74) is 0. The van der Waals surface area contributed by atoms with Gasteiger partial charge < -0.3 is 19.3 Å². The van der Waals surface area contributed by atoms with Crippen LogP contribution in [0.25, 0.3) is 0 Å². The van der Waals surface area contributed by atoms with Crippen LogP contribution >= 0.6 is 0 Å². The largest absolute Gasteiger partial charge is 0.389 e. The Kier molecular flexibility index (Phi) is 10.2. The second-order valence-electron chi connectivity index (χ2n) is 5.59. The van der Waals surface area contributed by atoms with Gasteiger partial charge in [0.1, 0.15) is 0 Å². The van der Waals surface area contributed by atoms with Crippen molar-refractivity contribution in [1.29, 1.82) is 0 Å². The Morgan fingerprint density at radius 2 is 1.76 bits per heavy atom. The first-order valence-electron chi connectivity index (χ1n) is 7.96. The molecule has 0 amide bonds. The quantitative estimate of drug-likeness (QED) is 0.545. The van der Waals surface area contributed by atoms with Crippen molar-refractivity contribution in [3.63, 3.8) is 0 Å². The van der Waals surface area contributed by atoms with Crippen LogP contribution in [0.15, 0.2) is 0 Å². The summed E-state index contributed by atoms with van der Waals surface area (Å²) in [6, 6.07) is 0. The van der Waals surface area contributed by atoms with E-state index in [-0.39, 0.29) is 6.10 Å².